The first-order chi connectivity index (χ1) is 6.19. The number of carbonyl (C=O) groups excluding carboxylic acids is 1. The minimum atomic E-state index is 0.141. The monoisotopic (exact) mass is 241 g/mol. The number of halogens is 1. The van der Waals surface area contributed by atoms with Crippen LogP contribution in [0.15, 0.2) is 22.7 Å². The number of rotatable bonds is 3. The summed E-state index contributed by atoms with van der Waals surface area (Å²) in [6, 6.07) is 5.62. The Morgan fingerprint density at radius 2 is 2.23 bits per heavy atom. The van der Waals surface area contributed by atoms with E-state index in [0.29, 0.717) is 13.0 Å². The Bertz CT molecular complexity index is 323. The number of carbonyl (C=O) groups is 1. The van der Waals surface area contributed by atoms with Crippen molar-refractivity contribution < 1.29 is 4.79 Å². The summed E-state index contributed by atoms with van der Waals surface area (Å²) in [6.45, 7) is 2.32. The fourth-order valence-electron chi connectivity index (χ4n) is 1.10. The maximum absolute atomic E-state index is 11.4. The maximum Gasteiger partial charge on any atom is 0.163 e. The summed E-state index contributed by atoms with van der Waals surface area (Å²) in [5.41, 5.74) is 7.20. The second-order valence-electron chi connectivity index (χ2n) is 2.80. The Morgan fingerprint density at radius 3 is 2.77 bits per heavy atom. The number of nitrogens with two attached hydrogens (primary N) is 1. The number of Topliss-reactive ketones (excluding diaryl/α,β-unsaturated/α-hetero) is 1. The maximum atomic E-state index is 11.4. The Labute approximate surface area is 86.3 Å². The highest BCUT2D eigenvalue weighted by molar-refractivity contribution is 9.10. The van der Waals surface area contributed by atoms with Gasteiger partial charge in [0.05, 0.1) is 0 Å². The van der Waals surface area contributed by atoms with Gasteiger partial charge in [0.25, 0.3) is 0 Å². The van der Waals surface area contributed by atoms with Crippen molar-refractivity contribution in [2.45, 2.75) is 19.9 Å². The van der Waals surface area contributed by atoms with Crippen molar-refractivity contribution in [3.05, 3.63) is 33.8 Å². The van der Waals surface area contributed by atoms with Crippen molar-refractivity contribution in [1.29, 1.82) is 0 Å². The number of hydrogen-bond acceptors (Lipinski definition) is 2. The molecule has 0 aromatic heterocycles. The van der Waals surface area contributed by atoms with Crippen molar-refractivity contribution in [3.63, 3.8) is 0 Å². The van der Waals surface area contributed by atoms with Crippen LogP contribution in [0.4, 0.5) is 0 Å². The van der Waals surface area contributed by atoms with E-state index in [0.717, 1.165) is 15.6 Å². The highest BCUT2D eigenvalue weighted by Gasteiger charge is 2.07. The fraction of sp³-hybridized carbons (Fsp3) is 0.300. The molecule has 3 heteroatoms. The zero-order valence-electron chi connectivity index (χ0n) is 7.51. The average Bonchev–Trinajstić information content (AvgIpc) is 2.17. The van der Waals surface area contributed by atoms with Crippen molar-refractivity contribution in [3.8, 4) is 0 Å². The van der Waals surface area contributed by atoms with Crippen molar-refractivity contribution in [2.75, 3.05) is 0 Å². The van der Waals surface area contributed by atoms with Crippen LogP contribution in [0.25, 0.3) is 0 Å². The molecular weight excluding hydrogens is 230 g/mol. The van der Waals surface area contributed by atoms with Crippen LogP contribution in [0, 0.1) is 0 Å². The highest BCUT2D eigenvalue weighted by Crippen LogP contribution is 2.19. The van der Waals surface area contributed by atoms with Crippen molar-refractivity contribution in [2.24, 2.45) is 5.73 Å². The van der Waals surface area contributed by atoms with Crippen LogP contribution in [0.1, 0.15) is 29.3 Å². The second-order valence-corrected chi connectivity index (χ2v) is 3.65. The van der Waals surface area contributed by atoms with E-state index in [4.69, 9.17) is 5.73 Å². The van der Waals surface area contributed by atoms with E-state index >= 15 is 0 Å². The lowest BCUT2D eigenvalue weighted by Gasteiger charge is -2.04. The Balaban J connectivity index is 3.11. The van der Waals surface area contributed by atoms with E-state index in [9.17, 15) is 4.79 Å². The normalized spacial score (nSPS) is 10.1. The molecule has 0 aliphatic rings. The van der Waals surface area contributed by atoms with E-state index in [2.05, 4.69) is 15.9 Å². The quantitative estimate of drug-likeness (QED) is 0.827. The van der Waals surface area contributed by atoms with E-state index < -0.39 is 0 Å². The molecule has 70 valence electrons. The third-order valence-corrected chi connectivity index (χ3v) is 2.58. The predicted molar refractivity (Wildman–Crippen MR) is 56.7 cm³/mol. The van der Waals surface area contributed by atoms with Crippen LogP contribution >= 0.6 is 15.9 Å². The van der Waals surface area contributed by atoms with Gasteiger partial charge in [0, 0.05) is 23.0 Å². The van der Waals surface area contributed by atoms with Gasteiger partial charge < -0.3 is 5.73 Å². The molecule has 13 heavy (non-hydrogen) atoms. The van der Waals surface area contributed by atoms with E-state index in [1.165, 1.54) is 0 Å². The lowest BCUT2D eigenvalue weighted by molar-refractivity contribution is 0.0987. The molecule has 2 nitrogen and oxygen atoms in total. The minimum absolute atomic E-state index is 0.141. The molecule has 1 aromatic rings. The summed E-state index contributed by atoms with van der Waals surface area (Å²) in [6.07, 6.45) is 0.520. The van der Waals surface area contributed by atoms with Crippen LogP contribution in [-0.2, 0) is 6.54 Å². The van der Waals surface area contributed by atoms with Gasteiger partial charge in [-0.25, -0.2) is 0 Å². The summed E-state index contributed by atoms with van der Waals surface area (Å²) >= 11 is 3.34. The Hall–Kier alpha value is -0.670. The van der Waals surface area contributed by atoms with Gasteiger partial charge in [-0.05, 0) is 17.7 Å². The molecule has 1 aromatic carbocycles. The van der Waals surface area contributed by atoms with Gasteiger partial charge in [-0.2, -0.15) is 0 Å². The molecule has 0 unspecified atom stereocenters. The molecule has 0 aliphatic heterocycles. The fourth-order valence-corrected chi connectivity index (χ4v) is 1.57. The molecule has 0 saturated carbocycles. The molecule has 1 rings (SSSR count). The lowest BCUT2D eigenvalue weighted by Crippen LogP contribution is -2.02. The standard InChI is InChI=1S/C10H12BrNO/c1-2-10(13)8-5-7(6-12)3-4-9(8)11/h3-5H,2,6,12H2,1H3. The summed E-state index contributed by atoms with van der Waals surface area (Å²) < 4.78 is 0.844. The molecule has 0 spiro atoms. The van der Waals surface area contributed by atoms with E-state index in [1.54, 1.807) is 0 Å². The lowest BCUT2D eigenvalue weighted by atomic mass is 10.1. The van der Waals surface area contributed by atoms with Crippen LogP contribution < -0.4 is 5.73 Å². The molecule has 0 saturated heterocycles. The number of hydrogen-bond donors (Lipinski definition) is 1. The van der Waals surface area contributed by atoms with Gasteiger partial charge in [-0.3, -0.25) is 4.79 Å². The summed E-state index contributed by atoms with van der Waals surface area (Å²) in [5.74, 6) is 0.141. The minimum Gasteiger partial charge on any atom is -0.326 e. The van der Waals surface area contributed by atoms with Crippen molar-refractivity contribution in [1.82, 2.24) is 0 Å². The van der Waals surface area contributed by atoms with E-state index in [-0.39, 0.29) is 5.78 Å². The molecule has 0 atom stereocenters. The zero-order valence-corrected chi connectivity index (χ0v) is 9.10. The first kappa shape index (κ1) is 10.4. The summed E-state index contributed by atoms with van der Waals surface area (Å²) in [4.78, 5) is 11.4. The summed E-state index contributed by atoms with van der Waals surface area (Å²) in [5, 5.41) is 0. The second kappa shape index (κ2) is 4.53. The summed E-state index contributed by atoms with van der Waals surface area (Å²) in [7, 11) is 0. The van der Waals surface area contributed by atoms with Gasteiger partial charge in [0.2, 0.25) is 0 Å². The SMILES string of the molecule is CCC(=O)c1cc(CN)ccc1Br. The molecular formula is C10H12BrNO. The zero-order chi connectivity index (χ0) is 9.84. The smallest absolute Gasteiger partial charge is 0.163 e. The largest absolute Gasteiger partial charge is 0.326 e. The van der Waals surface area contributed by atoms with Crippen LogP contribution in [0.3, 0.4) is 0 Å². The van der Waals surface area contributed by atoms with Gasteiger partial charge in [0.15, 0.2) is 5.78 Å². The Morgan fingerprint density at radius 1 is 1.54 bits per heavy atom. The van der Waals surface area contributed by atoms with Gasteiger partial charge >= 0.3 is 0 Å². The first-order valence-electron chi connectivity index (χ1n) is 4.20. The molecule has 0 bridgehead atoms. The highest BCUT2D eigenvalue weighted by atomic mass is 79.9. The Kier molecular flexibility index (Phi) is 3.63. The molecule has 0 heterocycles. The molecule has 0 amide bonds. The number of ketones is 1. The van der Waals surface area contributed by atoms with Crippen LogP contribution in [-0.4, -0.2) is 5.78 Å². The predicted octanol–water partition coefficient (Wildman–Crippen LogP) is 2.50. The molecule has 0 fully saturated rings. The van der Waals surface area contributed by atoms with Gasteiger partial charge in [-0.1, -0.05) is 28.9 Å². The molecule has 0 aliphatic carbocycles. The average molecular weight is 242 g/mol. The third-order valence-electron chi connectivity index (χ3n) is 1.89. The van der Waals surface area contributed by atoms with Gasteiger partial charge in [-0.15, -0.1) is 0 Å². The van der Waals surface area contributed by atoms with Crippen LogP contribution in [0.5, 0.6) is 0 Å². The van der Waals surface area contributed by atoms with E-state index in [1.807, 2.05) is 25.1 Å². The molecule has 0 radical (unpaired) electrons. The van der Waals surface area contributed by atoms with Gasteiger partial charge in [0.1, 0.15) is 0 Å². The third kappa shape index (κ3) is 2.39. The number of benzene rings is 1. The first-order valence-corrected chi connectivity index (χ1v) is 5.00. The van der Waals surface area contributed by atoms with Crippen LogP contribution in [0.2, 0.25) is 0 Å². The van der Waals surface area contributed by atoms with Crippen molar-refractivity contribution >= 4 is 21.7 Å². The topological polar surface area (TPSA) is 43.1 Å². The molecule has 2 N–H and O–H groups in total.